The van der Waals surface area contributed by atoms with Gasteiger partial charge in [-0.25, -0.2) is 4.57 Å². The standard InChI is InChI=1S/C49H90NO7P/c1-6-8-10-12-14-16-18-20-22-23-24-25-26-27-28-30-32-34-36-38-40-42-49(51)57-48(47-56-58(52,53)55-45-43-50(3,4)5)46-54-44-41-39-37-35-33-31-29-21-19-17-15-13-11-9-7-2/h13,15,18-21,23-24,26-27,48H,6-12,14,16-17,22,25,28-47H2,1-5H3/p+1/b15-13-,20-18-,21-19-,24-23-,27-26-. The lowest BCUT2D eigenvalue weighted by molar-refractivity contribution is -0.870. The molecule has 0 heterocycles. The number of carbonyl (C=O) groups is 1. The van der Waals surface area contributed by atoms with Crippen LogP contribution in [0.4, 0.5) is 0 Å². The highest BCUT2D eigenvalue weighted by atomic mass is 31.2. The molecule has 8 nitrogen and oxygen atoms in total. The van der Waals surface area contributed by atoms with Gasteiger partial charge in [-0.05, 0) is 77.0 Å². The van der Waals surface area contributed by atoms with Crippen LogP contribution in [-0.4, -0.2) is 75.6 Å². The number of phosphoric ester groups is 1. The Balaban J connectivity index is 4.25. The van der Waals surface area contributed by atoms with Gasteiger partial charge in [-0.1, -0.05) is 164 Å². The average molecular weight is 837 g/mol. The predicted octanol–water partition coefficient (Wildman–Crippen LogP) is 14.1. The Bertz CT molecular complexity index is 1110. The van der Waals surface area contributed by atoms with Gasteiger partial charge in [-0.15, -0.1) is 0 Å². The molecule has 0 aromatic carbocycles. The molecule has 0 aromatic rings. The fraction of sp³-hybridized carbons (Fsp3) is 0.776. The smallest absolute Gasteiger partial charge is 0.457 e. The van der Waals surface area contributed by atoms with E-state index >= 15 is 0 Å². The number of hydrogen-bond acceptors (Lipinski definition) is 6. The van der Waals surface area contributed by atoms with E-state index in [4.69, 9.17) is 18.5 Å². The van der Waals surface area contributed by atoms with Crippen LogP contribution in [0.5, 0.6) is 0 Å². The summed E-state index contributed by atoms with van der Waals surface area (Å²) >= 11 is 0. The van der Waals surface area contributed by atoms with Crippen LogP contribution in [0.1, 0.15) is 187 Å². The zero-order valence-corrected chi connectivity index (χ0v) is 39.2. The van der Waals surface area contributed by atoms with Crippen LogP contribution in [0.25, 0.3) is 0 Å². The molecule has 2 atom stereocenters. The fourth-order valence-electron chi connectivity index (χ4n) is 6.10. The number of unbranched alkanes of at least 4 members (excludes halogenated alkanes) is 19. The second kappa shape index (κ2) is 41.9. The van der Waals surface area contributed by atoms with E-state index in [1.807, 2.05) is 21.1 Å². The Morgan fingerprint density at radius 1 is 0.534 bits per heavy atom. The van der Waals surface area contributed by atoms with Crippen molar-refractivity contribution in [2.45, 2.75) is 193 Å². The first-order chi connectivity index (χ1) is 28.1. The summed E-state index contributed by atoms with van der Waals surface area (Å²) in [6, 6.07) is 0. The third-order valence-corrected chi connectivity index (χ3v) is 10.8. The Kier molecular flexibility index (Phi) is 40.6. The summed E-state index contributed by atoms with van der Waals surface area (Å²) < 4.78 is 35.0. The molecule has 0 spiro atoms. The fourth-order valence-corrected chi connectivity index (χ4v) is 6.85. The monoisotopic (exact) mass is 837 g/mol. The highest BCUT2D eigenvalue weighted by Crippen LogP contribution is 2.43. The van der Waals surface area contributed by atoms with Crippen molar-refractivity contribution >= 4 is 13.8 Å². The van der Waals surface area contributed by atoms with E-state index in [1.54, 1.807) is 0 Å². The molecule has 0 bridgehead atoms. The Hall–Kier alpha value is -1.80. The van der Waals surface area contributed by atoms with Crippen LogP contribution >= 0.6 is 7.82 Å². The van der Waals surface area contributed by atoms with Crippen molar-refractivity contribution in [1.82, 2.24) is 0 Å². The summed E-state index contributed by atoms with van der Waals surface area (Å²) in [6.07, 6.45) is 52.5. The van der Waals surface area contributed by atoms with Crippen LogP contribution in [0.2, 0.25) is 0 Å². The molecule has 2 unspecified atom stereocenters. The zero-order chi connectivity index (χ0) is 42.7. The summed E-state index contributed by atoms with van der Waals surface area (Å²) in [4.78, 5) is 22.9. The molecule has 0 aliphatic carbocycles. The first-order valence-corrected chi connectivity index (χ1v) is 25.0. The second-order valence-corrected chi connectivity index (χ2v) is 18.2. The topological polar surface area (TPSA) is 91.3 Å². The maximum Gasteiger partial charge on any atom is 0.472 e. The third kappa shape index (κ3) is 45.3. The minimum absolute atomic E-state index is 0.0810. The van der Waals surface area contributed by atoms with Crippen LogP contribution in [0, 0.1) is 0 Å². The van der Waals surface area contributed by atoms with Gasteiger partial charge in [0.05, 0.1) is 34.4 Å². The lowest BCUT2D eigenvalue weighted by Crippen LogP contribution is -2.37. The van der Waals surface area contributed by atoms with Crippen molar-refractivity contribution in [3.8, 4) is 0 Å². The van der Waals surface area contributed by atoms with Crippen molar-refractivity contribution < 1.29 is 37.3 Å². The van der Waals surface area contributed by atoms with E-state index in [2.05, 4.69) is 74.6 Å². The number of allylic oxidation sites excluding steroid dienone is 10. The van der Waals surface area contributed by atoms with Gasteiger partial charge in [0.15, 0.2) is 0 Å². The van der Waals surface area contributed by atoms with Gasteiger partial charge in [-0.2, -0.15) is 0 Å². The molecule has 1 N–H and O–H groups in total. The summed E-state index contributed by atoms with van der Waals surface area (Å²) in [6.45, 7) is 5.52. The molecule has 58 heavy (non-hydrogen) atoms. The minimum Gasteiger partial charge on any atom is -0.457 e. The highest BCUT2D eigenvalue weighted by molar-refractivity contribution is 7.47. The van der Waals surface area contributed by atoms with Crippen LogP contribution in [0.3, 0.4) is 0 Å². The van der Waals surface area contributed by atoms with E-state index in [-0.39, 0.29) is 25.8 Å². The van der Waals surface area contributed by atoms with Gasteiger partial charge < -0.3 is 18.9 Å². The number of hydrogen-bond donors (Lipinski definition) is 1. The predicted molar refractivity (Wildman–Crippen MR) is 247 cm³/mol. The Morgan fingerprint density at radius 3 is 1.47 bits per heavy atom. The molecular weight excluding hydrogens is 746 g/mol. The van der Waals surface area contributed by atoms with E-state index < -0.39 is 13.9 Å². The van der Waals surface area contributed by atoms with Gasteiger partial charge in [0.1, 0.15) is 19.3 Å². The number of esters is 1. The van der Waals surface area contributed by atoms with Crippen LogP contribution in [0.15, 0.2) is 60.8 Å². The molecule has 0 aromatic heterocycles. The summed E-state index contributed by atoms with van der Waals surface area (Å²) in [5, 5.41) is 0. The van der Waals surface area contributed by atoms with Crippen molar-refractivity contribution in [3.63, 3.8) is 0 Å². The SMILES string of the molecule is CCCC/C=C\C/C=C\CCCCCCCCOCC(COP(=O)(O)OCC[N+](C)(C)C)OC(=O)CCCCCCCC/C=C\C/C=C\C/C=C\CCCCCCC. The molecule has 338 valence electrons. The maximum absolute atomic E-state index is 12.7. The van der Waals surface area contributed by atoms with E-state index in [9.17, 15) is 14.3 Å². The molecule has 0 saturated carbocycles. The van der Waals surface area contributed by atoms with Gasteiger partial charge in [-0.3, -0.25) is 13.8 Å². The lowest BCUT2D eigenvalue weighted by Gasteiger charge is -2.24. The summed E-state index contributed by atoms with van der Waals surface area (Å²) in [5.41, 5.74) is 0. The van der Waals surface area contributed by atoms with Crippen molar-refractivity contribution in [1.29, 1.82) is 0 Å². The van der Waals surface area contributed by atoms with E-state index in [0.29, 0.717) is 24.1 Å². The molecule has 0 radical (unpaired) electrons. The Labute approximate surface area is 358 Å². The first-order valence-electron chi connectivity index (χ1n) is 23.5. The molecule has 0 saturated heterocycles. The molecule has 0 aliphatic rings. The summed E-state index contributed by atoms with van der Waals surface area (Å²) in [7, 11) is 1.64. The zero-order valence-electron chi connectivity index (χ0n) is 38.3. The average Bonchev–Trinajstić information content (AvgIpc) is 3.18. The van der Waals surface area contributed by atoms with Gasteiger partial charge >= 0.3 is 13.8 Å². The molecule has 0 aliphatic heterocycles. The van der Waals surface area contributed by atoms with Crippen LogP contribution in [-0.2, 0) is 27.9 Å². The van der Waals surface area contributed by atoms with Gasteiger partial charge in [0.2, 0.25) is 0 Å². The number of ether oxygens (including phenoxy) is 2. The first kappa shape index (κ1) is 56.2. The lowest BCUT2D eigenvalue weighted by atomic mass is 10.1. The third-order valence-electron chi connectivity index (χ3n) is 9.80. The molecule has 0 amide bonds. The number of carbonyl (C=O) groups excluding carboxylic acids is 1. The summed E-state index contributed by atoms with van der Waals surface area (Å²) in [5.74, 6) is -0.331. The van der Waals surface area contributed by atoms with Crippen molar-refractivity contribution in [2.75, 3.05) is 54.1 Å². The van der Waals surface area contributed by atoms with Crippen molar-refractivity contribution in [2.24, 2.45) is 0 Å². The number of likely N-dealkylation sites (N-methyl/N-ethyl adjacent to an activating group) is 1. The van der Waals surface area contributed by atoms with Gasteiger partial charge in [0.25, 0.3) is 0 Å². The number of phosphoric acid groups is 1. The number of rotatable bonds is 43. The largest absolute Gasteiger partial charge is 0.472 e. The maximum atomic E-state index is 12.7. The van der Waals surface area contributed by atoms with Crippen molar-refractivity contribution in [3.05, 3.63) is 60.8 Å². The van der Waals surface area contributed by atoms with E-state index in [0.717, 1.165) is 70.6 Å². The quantitative estimate of drug-likeness (QED) is 0.0215. The molecule has 0 rings (SSSR count). The molecule has 0 fully saturated rings. The Morgan fingerprint density at radius 2 is 0.966 bits per heavy atom. The number of quaternary nitrogens is 1. The minimum atomic E-state index is -4.29. The van der Waals surface area contributed by atoms with Gasteiger partial charge in [0, 0.05) is 13.0 Å². The highest BCUT2D eigenvalue weighted by Gasteiger charge is 2.26. The van der Waals surface area contributed by atoms with E-state index in [1.165, 1.54) is 96.3 Å². The van der Waals surface area contributed by atoms with Crippen LogP contribution < -0.4 is 0 Å². The second-order valence-electron chi connectivity index (χ2n) is 16.8. The normalized spacial score (nSPS) is 14.2. The molecular formula is C49H91NO7P+. The number of nitrogens with zero attached hydrogens (tertiary/aromatic N) is 1. The molecule has 9 heteroatoms.